The fraction of sp³-hybridized carbons (Fsp3) is 0.545. The largest absolute Gasteiger partial charge is 0.302 e. The molecule has 14 heavy (non-hydrogen) atoms. The summed E-state index contributed by atoms with van der Waals surface area (Å²) in [7, 11) is 0. The minimum Gasteiger partial charge on any atom is -0.302 e. The van der Waals surface area contributed by atoms with Gasteiger partial charge in [-0.3, -0.25) is 0 Å². The molecule has 1 aliphatic carbocycles. The van der Waals surface area contributed by atoms with Gasteiger partial charge in [0.25, 0.3) is 0 Å². The van der Waals surface area contributed by atoms with Crippen LogP contribution in [0.1, 0.15) is 36.9 Å². The fourth-order valence-electron chi connectivity index (χ4n) is 2.82. The van der Waals surface area contributed by atoms with Gasteiger partial charge in [-0.1, -0.05) is 30.5 Å². The van der Waals surface area contributed by atoms with Crippen molar-refractivity contribution in [3.05, 3.63) is 28.5 Å². The fourth-order valence-corrected chi connectivity index (χ4v) is 2.98. The van der Waals surface area contributed by atoms with Crippen molar-refractivity contribution in [2.75, 3.05) is 0 Å². The molecule has 0 amide bonds. The van der Waals surface area contributed by atoms with E-state index in [4.69, 9.17) is 11.6 Å². The molecule has 1 N–H and O–H groups in total. The van der Waals surface area contributed by atoms with E-state index >= 15 is 0 Å². The highest BCUT2D eigenvalue weighted by atomic mass is 35.5. The molecule has 3 rings (SSSR count). The third-order valence-corrected chi connectivity index (χ3v) is 3.72. The Balaban J connectivity index is 2.09. The van der Waals surface area contributed by atoms with Crippen LogP contribution in [0.4, 0.5) is 0 Å². The van der Waals surface area contributed by atoms with E-state index in [1.54, 1.807) is 0 Å². The summed E-state index contributed by atoms with van der Waals surface area (Å²) in [6.45, 7) is 0.885. The minimum atomic E-state index is 0.243. The number of nitrogens with one attached hydrogen (secondary N) is 1. The second-order valence-electron chi connectivity index (χ2n) is 4.27. The Kier molecular flexibility index (Phi) is 1.83. The number of hydrogen-bond donors (Lipinski definition) is 1. The molecule has 3 heteroatoms. The first-order valence-electron chi connectivity index (χ1n) is 5.21. The van der Waals surface area contributed by atoms with Crippen LogP contribution in [0.2, 0.25) is 5.15 Å². The van der Waals surface area contributed by atoms with Gasteiger partial charge < -0.3 is 5.32 Å². The first kappa shape index (κ1) is 8.69. The van der Waals surface area contributed by atoms with Gasteiger partial charge in [-0.15, -0.1) is 0 Å². The molecule has 74 valence electrons. The number of hydrogen-bond acceptors (Lipinski definition) is 2. The average molecular weight is 209 g/mol. The van der Waals surface area contributed by atoms with E-state index < -0.39 is 0 Å². The highest BCUT2D eigenvalue weighted by Crippen LogP contribution is 2.43. The molecule has 1 aromatic rings. The summed E-state index contributed by atoms with van der Waals surface area (Å²) in [6, 6.07) is 4.06. The number of pyridine rings is 1. The Labute approximate surface area is 88.7 Å². The summed E-state index contributed by atoms with van der Waals surface area (Å²) >= 11 is 5.88. The molecule has 1 saturated carbocycles. The van der Waals surface area contributed by atoms with Crippen molar-refractivity contribution in [2.24, 2.45) is 0 Å². The molecule has 0 saturated heterocycles. The summed E-state index contributed by atoms with van der Waals surface area (Å²) in [4.78, 5) is 4.38. The first-order valence-corrected chi connectivity index (χ1v) is 5.59. The summed E-state index contributed by atoms with van der Waals surface area (Å²) in [5, 5.41) is 4.22. The van der Waals surface area contributed by atoms with Crippen molar-refractivity contribution < 1.29 is 0 Å². The third-order valence-electron chi connectivity index (χ3n) is 3.51. The molecule has 1 aromatic heterocycles. The van der Waals surface area contributed by atoms with E-state index in [-0.39, 0.29) is 5.54 Å². The highest BCUT2D eigenvalue weighted by Gasteiger charge is 2.41. The van der Waals surface area contributed by atoms with Gasteiger partial charge in [-0.2, -0.15) is 0 Å². The first-order chi connectivity index (χ1) is 6.80. The average Bonchev–Trinajstić information content (AvgIpc) is 2.77. The van der Waals surface area contributed by atoms with Crippen LogP contribution in [0, 0.1) is 0 Å². The lowest BCUT2D eigenvalue weighted by atomic mass is 9.91. The Hall–Kier alpha value is -0.600. The van der Waals surface area contributed by atoms with Crippen LogP contribution in [0.5, 0.6) is 0 Å². The Morgan fingerprint density at radius 3 is 2.86 bits per heavy atom. The standard InChI is InChI=1S/C11H13ClN2/c12-10-4-3-8-9(14-10)7-13-11(8)5-1-2-6-11/h3-4,13H,1-2,5-7H2. The maximum Gasteiger partial charge on any atom is 0.129 e. The van der Waals surface area contributed by atoms with Crippen LogP contribution in [0.3, 0.4) is 0 Å². The zero-order valence-electron chi connectivity index (χ0n) is 8.02. The van der Waals surface area contributed by atoms with Gasteiger partial charge in [0.1, 0.15) is 5.15 Å². The van der Waals surface area contributed by atoms with Crippen LogP contribution < -0.4 is 5.32 Å². The topological polar surface area (TPSA) is 24.9 Å². The van der Waals surface area contributed by atoms with Crippen LogP contribution in [-0.2, 0) is 12.1 Å². The number of nitrogens with zero attached hydrogens (tertiary/aromatic N) is 1. The van der Waals surface area contributed by atoms with Crippen molar-refractivity contribution >= 4 is 11.6 Å². The number of halogens is 1. The maximum atomic E-state index is 5.88. The van der Waals surface area contributed by atoms with Crippen molar-refractivity contribution in [3.8, 4) is 0 Å². The smallest absolute Gasteiger partial charge is 0.129 e. The molecule has 2 heterocycles. The monoisotopic (exact) mass is 208 g/mol. The molecule has 1 aliphatic heterocycles. The van der Waals surface area contributed by atoms with Gasteiger partial charge in [0, 0.05) is 12.1 Å². The predicted octanol–water partition coefficient (Wildman–Crippen LogP) is 2.61. The van der Waals surface area contributed by atoms with Gasteiger partial charge in [0.15, 0.2) is 0 Å². The van der Waals surface area contributed by atoms with Crippen molar-refractivity contribution in [2.45, 2.75) is 37.8 Å². The maximum absolute atomic E-state index is 5.88. The van der Waals surface area contributed by atoms with E-state index in [1.807, 2.05) is 6.07 Å². The van der Waals surface area contributed by atoms with Crippen LogP contribution in [0.25, 0.3) is 0 Å². The van der Waals surface area contributed by atoms with E-state index in [2.05, 4.69) is 16.4 Å². The molecule has 0 bridgehead atoms. The lowest BCUT2D eigenvalue weighted by Gasteiger charge is -2.24. The summed E-state index contributed by atoms with van der Waals surface area (Å²) in [5.74, 6) is 0. The zero-order valence-corrected chi connectivity index (χ0v) is 8.77. The number of rotatable bonds is 0. The van der Waals surface area contributed by atoms with E-state index in [9.17, 15) is 0 Å². The molecule has 0 unspecified atom stereocenters. The van der Waals surface area contributed by atoms with E-state index in [0.29, 0.717) is 5.15 Å². The van der Waals surface area contributed by atoms with Gasteiger partial charge in [-0.25, -0.2) is 4.98 Å². The Morgan fingerprint density at radius 2 is 2.07 bits per heavy atom. The predicted molar refractivity (Wildman–Crippen MR) is 56.2 cm³/mol. The normalized spacial score (nSPS) is 22.9. The SMILES string of the molecule is Clc1ccc2c(n1)CNC21CCCC1. The second kappa shape index (κ2) is 2.94. The van der Waals surface area contributed by atoms with Crippen LogP contribution >= 0.6 is 11.6 Å². The molecule has 1 spiro atoms. The van der Waals surface area contributed by atoms with Crippen LogP contribution in [0.15, 0.2) is 12.1 Å². The summed E-state index contributed by atoms with van der Waals surface area (Å²) < 4.78 is 0. The Morgan fingerprint density at radius 1 is 1.29 bits per heavy atom. The zero-order chi connectivity index (χ0) is 9.60. The molecule has 2 aliphatic rings. The molecule has 0 aromatic carbocycles. The van der Waals surface area contributed by atoms with E-state index in [0.717, 1.165) is 12.2 Å². The third kappa shape index (κ3) is 1.11. The summed E-state index contributed by atoms with van der Waals surface area (Å²) in [6.07, 6.45) is 5.16. The Bertz CT molecular complexity index is 370. The van der Waals surface area contributed by atoms with Gasteiger partial charge in [-0.05, 0) is 24.5 Å². The lowest BCUT2D eigenvalue weighted by molar-refractivity contribution is 0.373. The van der Waals surface area contributed by atoms with Crippen molar-refractivity contribution in [1.82, 2.24) is 10.3 Å². The summed E-state index contributed by atoms with van der Waals surface area (Å²) in [5.41, 5.74) is 2.78. The molecule has 1 fully saturated rings. The molecule has 2 nitrogen and oxygen atoms in total. The molecule has 0 atom stereocenters. The molecular formula is C11H13ClN2. The quantitative estimate of drug-likeness (QED) is 0.663. The second-order valence-corrected chi connectivity index (χ2v) is 4.66. The lowest BCUT2D eigenvalue weighted by Crippen LogP contribution is -2.33. The number of fused-ring (bicyclic) bond motifs is 2. The molecule has 0 radical (unpaired) electrons. The van der Waals surface area contributed by atoms with Crippen LogP contribution in [-0.4, -0.2) is 4.98 Å². The van der Waals surface area contributed by atoms with Gasteiger partial charge in [0.05, 0.1) is 5.69 Å². The minimum absolute atomic E-state index is 0.243. The number of aromatic nitrogens is 1. The van der Waals surface area contributed by atoms with E-state index in [1.165, 1.54) is 31.2 Å². The van der Waals surface area contributed by atoms with Gasteiger partial charge in [0.2, 0.25) is 0 Å². The van der Waals surface area contributed by atoms with Crippen molar-refractivity contribution in [1.29, 1.82) is 0 Å². The molecular weight excluding hydrogens is 196 g/mol. The highest BCUT2D eigenvalue weighted by molar-refractivity contribution is 6.29. The van der Waals surface area contributed by atoms with Crippen molar-refractivity contribution in [3.63, 3.8) is 0 Å². The van der Waals surface area contributed by atoms with Gasteiger partial charge >= 0.3 is 0 Å².